The van der Waals surface area contributed by atoms with Crippen molar-refractivity contribution in [3.05, 3.63) is 136 Å². The molecule has 0 unspecified atom stereocenters. The molecule has 4 nitrogen and oxygen atoms in total. The van der Waals surface area contributed by atoms with E-state index >= 15 is 0 Å². The number of aromatic nitrogens is 3. The van der Waals surface area contributed by atoms with Gasteiger partial charge in [-0.05, 0) is 125 Å². The highest BCUT2D eigenvalue weighted by molar-refractivity contribution is 6.11. The summed E-state index contributed by atoms with van der Waals surface area (Å²) in [5.41, 5.74) is 15.6. The van der Waals surface area contributed by atoms with Crippen LogP contribution in [0.1, 0.15) is 39.2 Å². The Labute approximate surface area is 268 Å². The maximum absolute atomic E-state index is 11.1. The molecule has 0 bridgehead atoms. The summed E-state index contributed by atoms with van der Waals surface area (Å²) in [6.07, 6.45) is 0. The average molecular weight is 595 g/mol. The SMILES string of the molecule is Cc1ccc2c(c1)c1cc(C)ccc1n2-c1cc(-c2cc(C)nc(C)c2)cc(-n2c3ccc(C)cc3c3cc(C)ccc32)c1C#N. The highest BCUT2D eigenvalue weighted by atomic mass is 15.0. The van der Waals surface area contributed by atoms with Crippen LogP contribution < -0.4 is 0 Å². The Balaban J connectivity index is 1.58. The van der Waals surface area contributed by atoms with Crippen LogP contribution >= 0.6 is 0 Å². The zero-order chi connectivity index (χ0) is 31.9. The number of nitriles is 1. The lowest BCUT2D eigenvalue weighted by molar-refractivity contribution is 1.11. The van der Waals surface area contributed by atoms with E-state index in [4.69, 9.17) is 0 Å². The summed E-state index contributed by atoms with van der Waals surface area (Å²) >= 11 is 0. The molecule has 0 spiro atoms. The number of aryl methyl sites for hydroxylation is 6. The van der Waals surface area contributed by atoms with E-state index in [1.165, 1.54) is 43.8 Å². The van der Waals surface area contributed by atoms with Gasteiger partial charge >= 0.3 is 0 Å². The first-order valence-corrected chi connectivity index (χ1v) is 15.8. The van der Waals surface area contributed by atoms with Gasteiger partial charge in [0.25, 0.3) is 0 Å². The molecule has 0 fully saturated rings. The van der Waals surface area contributed by atoms with Crippen LogP contribution in [0.25, 0.3) is 66.1 Å². The first kappa shape index (κ1) is 27.9. The Morgan fingerprint density at radius 2 is 0.783 bits per heavy atom. The Morgan fingerprint density at radius 3 is 1.11 bits per heavy atom. The lowest BCUT2D eigenvalue weighted by Crippen LogP contribution is -2.05. The topological polar surface area (TPSA) is 46.5 Å². The number of rotatable bonds is 3. The highest BCUT2D eigenvalue weighted by Gasteiger charge is 2.23. The van der Waals surface area contributed by atoms with Gasteiger partial charge in [-0.3, -0.25) is 4.98 Å². The van der Waals surface area contributed by atoms with E-state index in [9.17, 15) is 5.26 Å². The van der Waals surface area contributed by atoms with Crippen LogP contribution in [0.15, 0.2) is 97.1 Å². The van der Waals surface area contributed by atoms with Gasteiger partial charge in [0, 0.05) is 32.9 Å². The fourth-order valence-electron chi connectivity index (χ4n) is 7.27. The fraction of sp³-hybridized carbons (Fsp3) is 0.143. The van der Waals surface area contributed by atoms with Crippen LogP contribution in [0.5, 0.6) is 0 Å². The number of hydrogen-bond donors (Lipinski definition) is 0. The summed E-state index contributed by atoms with van der Waals surface area (Å²) in [5.74, 6) is 0. The lowest BCUT2D eigenvalue weighted by atomic mass is 9.99. The van der Waals surface area contributed by atoms with Crippen molar-refractivity contribution in [1.29, 1.82) is 5.26 Å². The third kappa shape index (κ3) is 4.24. The third-order valence-corrected chi connectivity index (χ3v) is 9.26. The number of pyridine rings is 1. The van der Waals surface area contributed by atoms with E-state index in [1.54, 1.807) is 0 Å². The van der Waals surface area contributed by atoms with E-state index in [0.717, 1.165) is 56.0 Å². The van der Waals surface area contributed by atoms with Gasteiger partial charge in [-0.15, -0.1) is 0 Å². The zero-order valence-corrected chi connectivity index (χ0v) is 27.0. The Kier molecular flexibility index (Phi) is 6.17. The molecule has 0 aliphatic heterocycles. The van der Waals surface area contributed by atoms with Crippen molar-refractivity contribution in [1.82, 2.24) is 14.1 Å². The van der Waals surface area contributed by atoms with Crippen molar-refractivity contribution in [2.75, 3.05) is 0 Å². The van der Waals surface area contributed by atoms with Gasteiger partial charge in [0.1, 0.15) is 11.6 Å². The standard InChI is InChI=1S/C42H34N4/c1-24-7-11-37-32(15-24)33-16-25(2)8-12-38(33)45(37)41-21-31(30-19-28(5)44-29(6)20-30)22-42(36(41)23-43)46-39-13-9-26(3)17-34(39)35-18-27(4)10-14-40(35)46/h7-22H,1-6H3. The molecular weight excluding hydrogens is 560 g/mol. The molecule has 5 aromatic carbocycles. The van der Waals surface area contributed by atoms with Crippen LogP contribution in [-0.2, 0) is 0 Å². The second-order valence-electron chi connectivity index (χ2n) is 12.9. The number of fused-ring (bicyclic) bond motifs is 6. The van der Waals surface area contributed by atoms with E-state index in [-0.39, 0.29) is 0 Å². The van der Waals surface area contributed by atoms with Crippen molar-refractivity contribution in [3.8, 4) is 28.6 Å². The molecule has 8 rings (SSSR count). The second-order valence-corrected chi connectivity index (χ2v) is 12.9. The molecule has 0 atom stereocenters. The Morgan fingerprint density at radius 1 is 0.457 bits per heavy atom. The van der Waals surface area contributed by atoms with E-state index in [0.29, 0.717) is 5.56 Å². The normalized spacial score (nSPS) is 11.7. The van der Waals surface area contributed by atoms with Crippen LogP contribution in [0.2, 0.25) is 0 Å². The molecule has 0 amide bonds. The summed E-state index contributed by atoms with van der Waals surface area (Å²) < 4.78 is 4.58. The van der Waals surface area contributed by atoms with Crippen molar-refractivity contribution >= 4 is 43.6 Å². The second kappa shape index (κ2) is 10.2. The lowest BCUT2D eigenvalue weighted by Gasteiger charge is -2.19. The maximum Gasteiger partial charge on any atom is 0.104 e. The first-order chi connectivity index (χ1) is 22.2. The fourth-order valence-corrected chi connectivity index (χ4v) is 7.27. The van der Waals surface area contributed by atoms with Crippen LogP contribution in [-0.4, -0.2) is 14.1 Å². The van der Waals surface area contributed by atoms with Gasteiger partial charge in [-0.1, -0.05) is 46.5 Å². The smallest absolute Gasteiger partial charge is 0.104 e. The molecule has 46 heavy (non-hydrogen) atoms. The monoisotopic (exact) mass is 594 g/mol. The molecule has 3 aromatic heterocycles. The van der Waals surface area contributed by atoms with E-state index in [1.807, 2.05) is 13.8 Å². The molecule has 0 N–H and O–H groups in total. The minimum absolute atomic E-state index is 0.631. The third-order valence-electron chi connectivity index (χ3n) is 9.26. The largest absolute Gasteiger partial charge is 0.308 e. The quantitative estimate of drug-likeness (QED) is 0.204. The van der Waals surface area contributed by atoms with Gasteiger partial charge in [0.15, 0.2) is 0 Å². The molecule has 0 saturated carbocycles. The minimum Gasteiger partial charge on any atom is -0.308 e. The molecular formula is C42H34N4. The molecule has 0 radical (unpaired) electrons. The van der Waals surface area contributed by atoms with Gasteiger partial charge in [-0.2, -0.15) is 5.26 Å². The Bertz CT molecular complexity index is 2320. The minimum atomic E-state index is 0.631. The zero-order valence-electron chi connectivity index (χ0n) is 27.0. The molecule has 0 aliphatic carbocycles. The van der Waals surface area contributed by atoms with Crippen LogP contribution in [0.4, 0.5) is 0 Å². The average Bonchev–Trinajstić information content (AvgIpc) is 3.50. The summed E-state index contributed by atoms with van der Waals surface area (Å²) in [6.45, 7) is 12.6. The number of benzene rings is 5. The van der Waals surface area contributed by atoms with Gasteiger partial charge in [0.05, 0.1) is 33.4 Å². The van der Waals surface area contributed by atoms with Gasteiger partial charge in [0.2, 0.25) is 0 Å². The summed E-state index contributed by atoms with van der Waals surface area (Å²) in [7, 11) is 0. The van der Waals surface area contributed by atoms with Crippen LogP contribution in [0.3, 0.4) is 0 Å². The number of hydrogen-bond acceptors (Lipinski definition) is 2. The molecule has 3 heterocycles. The predicted molar refractivity (Wildman–Crippen MR) is 191 cm³/mol. The molecule has 0 aliphatic rings. The van der Waals surface area contributed by atoms with Crippen molar-refractivity contribution in [2.45, 2.75) is 41.5 Å². The molecule has 8 aromatic rings. The van der Waals surface area contributed by atoms with Crippen molar-refractivity contribution in [3.63, 3.8) is 0 Å². The van der Waals surface area contributed by atoms with Crippen molar-refractivity contribution in [2.24, 2.45) is 0 Å². The van der Waals surface area contributed by atoms with E-state index in [2.05, 4.69) is 145 Å². The summed E-state index contributed by atoms with van der Waals surface area (Å²) in [4.78, 5) is 4.67. The number of nitrogens with zero attached hydrogens (tertiary/aromatic N) is 4. The van der Waals surface area contributed by atoms with Gasteiger partial charge in [-0.25, -0.2) is 0 Å². The predicted octanol–water partition coefficient (Wildman–Crippen LogP) is 10.7. The Hall–Kier alpha value is -5.66. The summed E-state index contributed by atoms with van der Waals surface area (Å²) in [6, 6.07) is 37.8. The molecule has 0 saturated heterocycles. The maximum atomic E-state index is 11.1. The molecule has 222 valence electrons. The summed E-state index contributed by atoms with van der Waals surface area (Å²) in [5, 5.41) is 15.9. The highest BCUT2D eigenvalue weighted by Crippen LogP contribution is 2.41. The van der Waals surface area contributed by atoms with Gasteiger partial charge < -0.3 is 9.13 Å². The van der Waals surface area contributed by atoms with Crippen molar-refractivity contribution < 1.29 is 0 Å². The van der Waals surface area contributed by atoms with Crippen LogP contribution in [0, 0.1) is 52.9 Å². The van der Waals surface area contributed by atoms with E-state index < -0.39 is 0 Å². The first-order valence-electron chi connectivity index (χ1n) is 15.8. The molecule has 4 heteroatoms.